The highest BCUT2D eigenvalue weighted by molar-refractivity contribution is 6.33. The molecule has 38 heavy (non-hydrogen) atoms. The first-order valence-electron chi connectivity index (χ1n) is 12.6. The third kappa shape index (κ3) is 3.77. The van der Waals surface area contributed by atoms with Gasteiger partial charge in [0.25, 0.3) is 0 Å². The molecule has 0 aliphatic carbocycles. The van der Waals surface area contributed by atoms with Crippen LogP contribution in [0.25, 0.3) is 0 Å². The first-order valence-corrected chi connectivity index (χ1v) is 12.9. The van der Waals surface area contributed by atoms with Crippen molar-refractivity contribution in [3.8, 4) is 11.5 Å². The highest BCUT2D eigenvalue weighted by Crippen LogP contribution is 2.57. The van der Waals surface area contributed by atoms with Crippen LogP contribution in [0.5, 0.6) is 11.5 Å². The number of aryl methyl sites for hydroxylation is 2. The largest absolute Gasteiger partial charge is 0.456 e. The van der Waals surface area contributed by atoms with Gasteiger partial charge in [0.15, 0.2) is 5.60 Å². The fourth-order valence-corrected chi connectivity index (χ4v) is 5.68. The average molecular weight is 524 g/mol. The number of nitrogens with zero attached hydrogens (tertiary/aromatic N) is 1. The van der Waals surface area contributed by atoms with Crippen molar-refractivity contribution in [2.45, 2.75) is 32.3 Å². The summed E-state index contributed by atoms with van der Waals surface area (Å²) >= 11 is 6.92. The molecule has 2 aliphatic rings. The minimum Gasteiger partial charge on any atom is -0.456 e. The second-order valence-corrected chi connectivity index (χ2v) is 10.4. The number of Topliss-reactive ketones (excluding diaryl/α,β-unsaturated/α-hetero) is 1. The molecule has 6 heteroatoms. The number of esters is 1. The van der Waals surface area contributed by atoms with Gasteiger partial charge in [0, 0.05) is 41.9 Å². The van der Waals surface area contributed by atoms with E-state index in [4.69, 9.17) is 21.1 Å². The van der Waals surface area contributed by atoms with Crippen molar-refractivity contribution in [3.05, 3.63) is 117 Å². The van der Waals surface area contributed by atoms with Crippen molar-refractivity contribution in [3.63, 3.8) is 0 Å². The molecular weight excluding hydrogens is 498 g/mol. The number of ether oxygens (including phenoxy) is 2. The van der Waals surface area contributed by atoms with Gasteiger partial charge in [-0.15, -0.1) is 0 Å². The molecule has 0 aromatic heterocycles. The number of hydrogen-bond donors (Lipinski definition) is 0. The molecule has 0 amide bonds. The Balaban J connectivity index is 1.46. The van der Waals surface area contributed by atoms with Gasteiger partial charge in [-0.25, -0.2) is 4.79 Å². The monoisotopic (exact) mass is 523 g/mol. The van der Waals surface area contributed by atoms with Crippen molar-refractivity contribution >= 4 is 34.7 Å². The number of carbonyl (C=O) groups excluding carboxylic acids is 2. The van der Waals surface area contributed by atoms with Crippen LogP contribution in [0.15, 0.2) is 78.9 Å². The maximum Gasteiger partial charge on any atom is 0.340 e. The van der Waals surface area contributed by atoms with E-state index in [1.807, 2.05) is 91.7 Å². The van der Waals surface area contributed by atoms with E-state index < -0.39 is 5.60 Å². The molecule has 2 heterocycles. The van der Waals surface area contributed by atoms with Gasteiger partial charge in [0.1, 0.15) is 17.3 Å². The molecule has 1 atom stereocenters. The summed E-state index contributed by atoms with van der Waals surface area (Å²) in [5.74, 6) is 1.03. The first-order chi connectivity index (χ1) is 18.3. The highest BCUT2D eigenvalue weighted by atomic mass is 35.5. The number of halogens is 1. The Morgan fingerprint density at radius 1 is 0.921 bits per heavy atom. The minimum atomic E-state index is -1.15. The molecule has 1 spiro atoms. The van der Waals surface area contributed by atoms with Crippen molar-refractivity contribution in [1.29, 1.82) is 0 Å². The number of benzene rings is 4. The van der Waals surface area contributed by atoms with Crippen molar-refractivity contribution in [2.24, 2.45) is 0 Å². The van der Waals surface area contributed by atoms with E-state index in [0.29, 0.717) is 40.5 Å². The Kier molecular flexibility index (Phi) is 5.77. The summed E-state index contributed by atoms with van der Waals surface area (Å²) in [5.41, 5.74) is 5.46. The van der Waals surface area contributed by atoms with Crippen LogP contribution in [0.1, 0.15) is 51.5 Å². The van der Waals surface area contributed by atoms with E-state index in [-0.39, 0.29) is 11.8 Å². The fourth-order valence-electron chi connectivity index (χ4n) is 5.39. The first kappa shape index (κ1) is 24.3. The molecule has 5 nitrogen and oxygen atoms in total. The van der Waals surface area contributed by atoms with Crippen LogP contribution in [0.4, 0.5) is 11.4 Å². The molecule has 4 aromatic carbocycles. The van der Waals surface area contributed by atoms with Gasteiger partial charge in [-0.3, -0.25) is 0 Å². The molecule has 2 aliphatic heterocycles. The summed E-state index contributed by atoms with van der Waals surface area (Å²) < 4.78 is 12.7. The standard InChI is InChI=1S/C32H26ClNO4/c1-19-8-15-25-29(16-19)37-30-18-28(34(3)22-13-11-21(12-14-22)10-9-20(2)35)27(33)17-26(30)32(25)24-7-5-4-6-23(24)31(36)38-32/h4-8,11-18H,9-10H2,1-3H3. The van der Waals surface area contributed by atoms with Gasteiger partial charge in [0.2, 0.25) is 0 Å². The van der Waals surface area contributed by atoms with Crippen molar-refractivity contribution < 1.29 is 19.1 Å². The van der Waals surface area contributed by atoms with Gasteiger partial charge in [-0.2, -0.15) is 0 Å². The third-order valence-corrected chi connectivity index (χ3v) is 7.69. The van der Waals surface area contributed by atoms with Crippen LogP contribution in [-0.2, 0) is 21.6 Å². The zero-order chi connectivity index (χ0) is 26.6. The van der Waals surface area contributed by atoms with Crippen LogP contribution >= 0.6 is 11.6 Å². The van der Waals surface area contributed by atoms with E-state index in [1.165, 1.54) is 0 Å². The topological polar surface area (TPSA) is 55.8 Å². The highest BCUT2D eigenvalue weighted by Gasteiger charge is 2.53. The zero-order valence-electron chi connectivity index (χ0n) is 21.4. The Morgan fingerprint density at radius 2 is 1.66 bits per heavy atom. The molecule has 0 radical (unpaired) electrons. The normalized spacial score (nSPS) is 16.8. The SMILES string of the molecule is CC(=O)CCc1ccc(N(C)c2cc3c(cc2Cl)C2(OC(=O)c4ccccc42)c2ccc(C)cc2O3)cc1. The lowest BCUT2D eigenvalue weighted by molar-refractivity contribution is -0.116. The molecule has 190 valence electrons. The van der Waals surface area contributed by atoms with E-state index in [9.17, 15) is 9.59 Å². The summed E-state index contributed by atoms with van der Waals surface area (Å²) in [6, 6.07) is 25.2. The third-order valence-electron chi connectivity index (χ3n) is 7.39. The number of anilines is 2. The molecule has 0 saturated carbocycles. The average Bonchev–Trinajstić information content (AvgIpc) is 3.20. The van der Waals surface area contributed by atoms with Gasteiger partial charge < -0.3 is 19.2 Å². The summed E-state index contributed by atoms with van der Waals surface area (Å²) in [6.07, 6.45) is 1.24. The lowest BCUT2D eigenvalue weighted by Crippen LogP contribution is -2.33. The molecule has 0 saturated heterocycles. The Hall–Kier alpha value is -4.09. The maximum atomic E-state index is 13.1. The summed E-state index contributed by atoms with van der Waals surface area (Å²) in [6.45, 7) is 3.61. The minimum absolute atomic E-state index is 0.178. The van der Waals surface area contributed by atoms with E-state index in [2.05, 4.69) is 0 Å². The zero-order valence-corrected chi connectivity index (χ0v) is 22.1. The van der Waals surface area contributed by atoms with Crippen molar-refractivity contribution in [1.82, 2.24) is 0 Å². The van der Waals surface area contributed by atoms with Gasteiger partial charge >= 0.3 is 5.97 Å². The molecular formula is C32H26ClNO4. The predicted octanol–water partition coefficient (Wildman–Crippen LogP) is 7.51. The summed E-state index contributed by atoms with van der Waals surface area (Å²) in [5, 5.41) is 0.505. The molecule has 0 fully saturated rings. The van der Waals surface area contributed by atoms with Crippen LogP contribution in [0.2, 0.25) is 5.02 Å². The smallest absolute Gasteiger partial charge is 0.340 e. The number of hydrogen-bond acceptors (Lipinski definition) is 5. The van der Waals surface area contributed by atoms with Gasteiger partial charge in [-0.05, 0) is 61.7 Å². The molecule has 1 unspecified atom stereocenters. The van der Waals surface area contributed by atoms with E-state index in [0.717, 1.165) is 33.6 Å². The Morgan fingerprint density at radius 3 is 2.42 bits per heavy atom. The molecule has 6 rings (SSSR count). The van der Waals surface area contributed by atoms with E-state index >= 15 is 0 Å². The van der Waals surface area contributed by atoms with Gasteiger partial charge in [0.05, 0.1) is 16.3 Å². The predicted molar refractivity (Wildman–Crippen MR) is 148 cm³/mol. The number of carbonyl (C=O) groups is 2. The summed E-state index contributed by atoms with van der Waals surface area (Å²) in [7, 11) is 1.94. The van der Waals surface area contributed by atoms with Crippen molar-refractivity contribution in [2.75, 3.05) is 11.9 Å². The summed E-state index contributed by atoms with van der Waals surface area (Å²) in [4.78, 5) is 26.4. The Bertz CT molecular complexity index is 1610. The lowest BCUT2D eigenvalue weighted by Gasteiger charge is -2.37. The van der Waals surface area contributed by atoms with E-state index in [1.54, 1.807) is 13.0 Å². The number of fused-ring (bicyclic) bond motifs is 6. The number of ketones is 1. The Labute approximate surface area is 226 Å². The second-order valence-electron chi connectivity index (χ2n) is 9.95. The van der Waals surface area contributed by atoms with Crippen LogP contribution < -0.4 is 9.64 Å². The quantitative estimate of drug-likeness (QED) is 0.253. The van der Waals surface area contributed by atoms with Crippen LogP contribution in [-0.4, -0.2) is 18.8 Å². The second kappa shape index (κ2) is 9.03. The molecule has 0 N–H and O–H groups in total. The number of rotatable bonds is 5. The fraction of sp³-hybridized carbons (Fsp3) is 0.188. The lowest BCUT2D eigenvalue weighted by atomic mass is 9.77. The van der Waals surface area contributed by atoms with Crippen LogP contribution in [0.3, 0.4) is 0 Å². The molecule has 0 bridgehead atoms. The maximum absolute atomic E-state index is 13.1. The van der Waals surface area contributed by atoms with Gasteiger partial charge in [-0.1, -0.05) is 54.1 Å². The molecule has 4 aromatic rings. The van der Waals surface area contributed by atoms with Crippen LogP contribution in [0, 0.1) is 6.92 Å².